The van der Waals surface area contributed by atoms with Gasteiger partial charge in [0, 0.05) is 36.8 Å². The summed E-state index contributed by atoms with van der Waals surface area (Å²) in [4.78, 5) is 9.71. The molecule has 0 radical (unpaired) electrons. The molecule has 8 heteroatoms. The Balaban J connectivity index is 1.78. The summed E-state index contributed by atoms with van der Waals surface area (Å²) in [5.74, 6) is 0.116. The Kier molecular flexibility index (Phi) is 6.00. The van der Waals surface area contributed by atoms with Crippen LogP contribution in [0, 0.1) is 17.1 Å². The highest BCUT2D eigenvalue weighted by atomic mass is 19.1. The molecule has 3 aromatic rings. The maximum absolute atomic E-state index is 14.0. The number of benzene rings is 1. The van der Waals surface area contributed by atoms with Crippen LogP contribution in [0.25, 0.3) is 27.7 Å². The number of rotatable bonds is 6. The number of halogens is 1. The molecule has 31 heavy (non-hydrogen) atoms. The first-order valence-corrected chi connectivity index (χ1v) is 10.0. The molecule has 0 saturated heterocycles. The fourth-order valence-corrected chi connectivity index (χ4v) is 4.04. The average molecular weight is 422 g/mol. The highest BCUT2D eigenvalue weighted by Gasteiger charge is 2.23. The molecular weight excluding hydrogens is 399 g/mol. The Morgan fingerprint density at radius 2 is 2.19 bits per heavy atom. The second-order valence-corrected chi connectivity index (χ2v) is 7.49. The number of aromatic nitrogens is 2. The minimum Gasteiger partial charge on any atom is -0.496 e. The Bertz CT molecular complexity index is 1180. The van der Waals surface area contributed by atoms with Crippen LogP contribution >= 0.6 is 0 Å². The number of aromatic amines is 1. The third kappa shape index (κ3) is 4.03. The standard InChI is InChI=1S/C23H23FN4O3/c1-31-20-3-2-15(24)10-18(20)17-4-7-26-23-21(17)19(11-25)22(27-23)14-5-8-28(9-6-14)12-16(30)13-29/h2-5,7,10,16,29-30H,6,8-9,12-13H2,1H3,(H,26,27). The molecule has 1 aliphatic heterocycles. The van der Waals surface area contributed by atoms with Crippen LogP contribution in [-0.4, -0.2) is 64.5 Å². The normalized spacial score (nSPS) is 15.5. The summed E-state index contributed by atoms with van der Waals surface area (Å²) in [6.07, 6.45) is 3.54. The topological polar surface area (TPSA) is 105 Å². The van der Waals surface area contributed by atoms with Crippen LogP contribution < -0.4 is 4.74 Å². The van der Waals surface area contributed by atoms with Gasteiger partial charge in [-0.1, -0.05) is 6.08 Å². The lowest BCUT2D eigenvalue weighted by Crippen LogP contribution is -2.37. The summed E-state index contributed by atoms with van der Waals surface area (Å²) in [5.41, 5.74) is 3.92. The smallest absolute Gasteiger partial charge is 0.139 e. The SMILES string of the molecule is COc1ccc(F)cc1-c1ccnc2[nH]c(C3=CCN(CC(O)CO)CC3)c(C#N)c12. The van der Waals surface area contributed by atoms with Gasteiger partial charge in [0.05, 0.1) is 31.1 Å². The van der Waals surface area contributed by atoms with Crippen molar-refractivity contribution in [3.8, 4) is 22.9 Å². The van der Waals surface area contributed by atoms with Crippen molar-refractivity contribution in [3.05, 3.63) is 53.6 Å². The van der Waals surface area contributed by atoms with Crippen LogP contribution in [0.5, 0.6) is 5.75 Å². The van der Waals surface area contributed by atoms with Crippen LogP contribution in [0.2, 0.25) is 0 Å². The number of ether oxygens (including phenoxy) is 1. The molecule has 0 bridgehead atoms. The van der Waals surface area contributed by atoms with Gasteiger partial charge in [-0.25, -0.2) is 9.37 Å². The summed E-state index contributed by atoms with van der Waals surface area (Å²) in [7, 11) is 1.52. The lowest BCUT2D eigenvalue weighted by molar-refractivity contribution is 0.0623. The summed E-state index contributed by atoms with van der Waals surface area (Å²) in [6, 6.07) is 8.35. The molecule has 3 heterocycles. The number of hydrogen-bond acceptors (Lipinski definition) is 6. The minimum atomic E-state index is -0.772. The number of β-amino-alcohol motifs (C(OH)–C–C–N with tert-alkyl or cyclic N) is 1. The number of pyridine rings is 1. The Morgan fingerprint density at radius 1 is 1.35 bits per heavy atom. The number of nitrogens with one attached hydrogen (secondary N) is 1. The molecule has 7 nitrogen and oxygen atoms in total. The molecule has 0 aliphatic carbocycles. The van der Waals surface area contributed by atoms with Crippen molar-refractivity contribution in [2.24, 2.45) is 0 Å². The molecule has 3 N–H and O–H groups in total. The quantitative estimate of drug-likeness (QED) is 0.564. The van der Waals surface area contributed by atoms with Gasteiger partial charge in [0.2, 0.25) is 0 Å². The minimum absolute atomic E-state index is 0.272. The molecule has 0 fully saturated rings. The second-order valence-electron chi connectivity index (χ2n) is 7.49. The van der Waals surface area contributed by atoms with Crippen LogP contribution in [-0.2, 0) is 0 Å². The number of methoxy groups -OCH3 is 1. The molecule has 0 spiro atoms. The molecule has 2 aromatic heterocycles. The Labute approximate surface area is 179 Å². The molecule has 4 rings (SSSR count). The highest BCUT2D eigenvalue weighted by Crippen LogP contribution is 2.39. The third-order valence-electron chi connectivity index (χ3n) is 5.55. The Hall–Kier alpha value is -3.25. The van der Waals surface area contributed by atoms with Gasteiger partial charge in [-0.15, -0.1) is 0 Å². The average Bonchev–Trinajstić information content (AvgIpc) is 3.18. The van der Waals surface area contributed by atoms with E-state index in [1.807, 2.05) is 11.0 Å². The van der Waals surface area contributed by atoms with Gasteiger partial charge in [0.15, 0.2) is 0 Å². The van der Waals surface area contributed by atoms with E-state index in [0.29, 0.717) is 65.2 Å². The van der Waals surface area contributed by atoms with E-state index in [1.165, 1.54) is 19.2 Å². The molecule has 0 saturated carbocycles. The van der Waals surface area contributed by atoms with E-state index in [1.54, 1.807) is 18.3 Å². The van der Waals surface area contributed by atoms with Crippen molar-refractivity contribution in [3.63, 3.8) is 0 Å². The van der Waals surface area contributed by atoms with Gasteiger partial charge in [-0.05, 0) is 41.8 Å². The molecule has 160 valence electrons. The fraction of sp³-hybridized carbons (Fsp3) is 0.304. The van der Waals surface area contributed by atoms with Crippen LogP contribution in [0.3, 0.4) is 0 Å². The van der Waals surface area contributed by atoms with Crippen LogP contribution in [0.1, 0.15) is 17.7 Å². The fourth-order valence-electron chi connectivity index (χ4n) is 4.04. The molecule has 1 aliphatic rings. The first kappa shape index (κ1) is 21.0. The highest BCUT2D eigenvalue weighted by molar-refractivity contribution is 6.01. The first-order valence-electron chi connectivity index (χ1n) is 10.0. The van der Waals surface area contributed by atoms with Gasteiger partial charge in [-0.3, -0.25) is 4.90 Å². The number of H-pyrrole nitrogens is 1. The van der Waals surface area contributed by atoms with Gasteiger partial charge < -0.3 is 19.9 Å². The van der Waals surface area contributed by atoms with Crippen LogP contribution in [0.15, 0.2) is 36.5 Å². The molecular formula is C23H23FN4O3. The van der Waals surface area contributed by atoms with E-state index >= 15 is 0 Å². The summed E-state index contributed by atoms with van der Waals surface area (Å²) in [5, 5.41) is 29.3. The number of aliphatic hydroxyl groups is 2. The maximum Gasteiger partial charge on any atom is 0.139 e. The maximum atomic E-state index is 14.0. The molecule has 1 atom stereocenters. The first-order chi connectivity index (χ1) is 15.0. The summed E-state index contributed by atoms with van der Waals surface area (Å²) in [6.45, 7) is 1.42. The number of nitriles is 1. The summed E-state index contributed by atoms with van der Waals surface area (Å²) < 4.78 is 19.4. The van der Waals surface area contributed by atoms with Crippen LogP contribution in [0.4, 0.5) is 4.39 Å². The van der Waals surface area contributed by atoms with E-state index in [9.17, 15) is 14.8 Å². The number of nitrogens with zero attached hydrogens (tertiary/aromatic N) is 3. The summed E-state index contributed by atoms with van der Waals surface area (Å²) >= 11 is 0. The zero-order valence-corrected chi connectivity index (χ0v) is 17.1. The van der Waals surface area contributed by atoms with Crippen molar-refractivity contribution < 1.29 is 19.3 Å². The third-order valence-corrected chi connectivity index (χ3v) is 5.55. The van der Waals surface area contributed by atoms with Gasteiger partial charge in [-0.2, -0.15) is 5.26 Å². The van der Waals surface area contributed by atoms with E-state index < -0.39 is 11.9 Å². The number of hydrogen-bond donors (Lipinski definition) is 3. The van der Waals surface area contributed by atoms with E-state index in [0.717, 1.165) is 5.57 Å². The Morgan fingerprint density at radius 3 is 2.87 bits per heavy atom. The predicted molar refractivity (Wildman–Crippen MR) is 115 cm³/mol. The van der Waals surface area contributed by atoms with E-state index in [-0.39, 0.29) is 6.61 Å². The van der Waals surface area contributed by atoms with E-state index in [2.05, 4.69) is 16.0 Å². The van der Waals surface area contributed by atoms with Gasteiger partial charge >= 0.3 is 0 Å². The van der Waals surface area contributed by atoms with Crippen molar-refractivity contribution in [2.75, 3.05) is 33.4 Å². The number of aliphatic hydroxyl groups excluding tert-OH is 2. The van der Waals surface area contributed by atoms with E-state index in [4.69, 9.17) is 9.84 Å². The van der Waals surface area contributed by atoms with Gasteiger partial charge in [0.25, 0.3) is 0 Å². The lowest BCUT2D eigenvalue weighted by atomic mass is 9.96. The molecule has 1 unspecified atom stereocenters. The lowest BCUT2D eigenvalue weighted by Gasteiger charge is -2.27. The zero-order chi connectivity index (χ0) is 22.0. The van der Waals surface area contributed by atoms with Crippen molar-refractivity contribution in [1.82, 2.24) is 14.9 Å². The van der Waals surface area contributed by atoms with Crippen molar-refractivity contribution in [2.45, 2.75) is 12.5 Å². The zero-order valence-electron chi connectivity index (χ0n) is 17.1. The predicted octanol–water partition coefficient (Wildman–Crippen LogP) is 2.69. The number of fused-ring (bicyclic) bond motifs is 1. The largest absolute Gasteiger partial charge is 0.496 e. The second kappa shape index (κ2) is 8.86. The van der Waals surface area contributed by atoms with Crippen molar-refractivity contribution >= 4 is 16.6 Å². The molecule has 1 aromatic carbocycles. The monoisotopic (exact) mass is 422 g/mol. The molecule has 0 amide bonds. The van der Waals surface area contributed by atoms with Gasteiger partial charge in [0.1, 0.15) is 23.3 Å². The van der Waals surface area contributed by atoms with Crippen molar-refractivity contribution in [1.29, 1.82) is 5.26 Å².